The van der Waals surface area contributed by atoms with Gasteiger partial charge in [0.15, 0.2) is 6.10 Å². The molecule has 1 heterocycles. The van der Waals surface area contributed by atoms with Crippen LogP contribution >= 0.6 is 27.3 Å². The number of hydrogen-bond donors (Lipinski definition) is 3. The summed E-state index contributed by atoms with van der Waals surface area (Å²) < 4.78 is 0.602. The maximum Gasteiger partial charge on any atom is 0.335 e. The lowest BCUT2D eigenvalue weighted by Crippen LogP contribution is -2.27. The van der Waals surface area contributed by atoms with Crippen LogP contribution in [-0.4, -0.2) is 27.4 Å². The van der Waals surface area contributed by atoms with Gasteiger partial charge in [0.05, 0.1) is 4.88 Å². The van der Waals surface area contributed by atoms with Crippen molar-refractivity contribution in [2.24, 2.45) is 0 Å². The van der Waals surface area contributed by atoms with E-state index in [1.165, 1.54) is 11.3 Å². The van der Waals surface area contributed by atoms with Crippen LogP contribution in [0.25, 0.3) is 0 Å². The molecule has 1 aromatic heterocycles. The number of carboxylic acids is 1. The highest BCUT2D eigenvalue weighted by atomic mass is 79.9. The third kappa shape index (κ3) is 2.28. The van der Waals surface area contributed by atoms with Gasteiger partial charge in [-0.3, -0.25) is 0 Å². The summed E-state index contributed by atoms with van der Waals surface area (Å²) in [6.45, 7) is 0. The molecule has 0 fully saturated rings. The Morgan fingerprint density at radius 1 is 1.54 bits per heavy atom. The fourth-order valence-electron chi connectivity index (χ4n) is 0.795. The van der Waals surface area contributed by atoms with E-state index in [-0.39, 0.29) is 0 Å². The van der Waals surface area contributed by atoms with E-state index in [2.05, 4.69) is 15.9 Å². The second kappa shape index (κ2) is 4.19. The monoisotopic (exact) mass is 266 g/mol. The Morgan fingerprint density at radius 3 is 2.54 bits per heavy atom. The molecule has 0 aliphatic rings. The fraction of sp³-hybridized carbons (Fsp3) is 0.286. The van der Waals surface area contributed by atoms with Gasteiger partial charge in [-0.05, 0) is 27.4 Å². The van der Waals surface area contributed by atoms with Crippen LogP contribution in [0.4, 0.5) is 0 Å². The predicted molar refractivity (Wildman–Crippen MR) is 50.6 cm³/mol. The molecule has 2 atom stereocenters. The summed E-state index contributed by atoms with van der Waals surface area (Å²) in [5, 5.41) is 28.5. The van der Waals surface area contributed by atoms with E-state index in [0.717, 1.165) is 0 Å². The Bertz CT molecular complexity index is 311. The number of carbonyl (C=O) groups is 1. The van der Waals surface area contributed by atoms with Gasteiger partial charge in [-0.1, -0.05) is 0 Å². The van der Waals surface area contributed by atoms with E-state index in [4.69, 9.17) is 10.2 Å². The Balaban J connectivity index is 2.85. The molecular weight excluding hydrogens is 260 g/mol. The van der Waals surface area contributed by atoms with Gasteiger partial charge in [0.1, 0.15) is 6.10 Å². The van der Waals surface area contributed by atoms with E-state index in [1.807, 2.05) is 0 Å². The van der Waals surface area contributed by atoms with Crippen LogP contribution in [0.1, 0.15) is 11.0 Å². The molecule has 3 N–H and O–H groups in total. The number of aliphatic hydroxyl groups is 2. The first-order valence-electron chi connectivity index (χ1n) is 3.36. The van der Waals surface area contributed by atoms with Crippen molar-refractivity contribution >= 4 is 33.2 Å². The van der Waals surface area contributed by atoms with Crippen molar-refractivity contribution in [1.29, 1.82) is 0 Å². The van der Waals surface area contributed by atoms with Crippen LogP contribution in [0.5, 0.6) is 0 Å². The standard InChI is InChI=1S/C7H7BrO4S/c8-3-1-2-13-6(3)4(9)5(10)7(11)12/h1-2,4-5,9-10H,(H,11,12). The Labute approximate surface area is 86.6 Å². The molecule has 4 nitrogen and oxygen atoms in total. The average Bonchev–Trinajstić information content (AvgIpc) is 2.48. The SMILES string of the molecule is O=C(O)C(O)C(O)c1sccc1Br. The molecule has 0 radical (unpaired) electrons. The van der Waals surface area contributed by atoms with Crippen LogP contribution in [0.2, 0.25) is 0 Å². The zero-order valence-corrected chi connectivity index (χ0v) is 8.75. The van der Waals surface area contributed by atoms with Crippen molar-refractivity contribution in [3.8, 4) is 0 Å². The Morgan fingerprint density at radius 2 is 2.15 bits per heavy atom. The van der Waals surface area contributed by atoms with Crippen molar-refractivity contribution in [1.82, 2.24) is 0 Å². The Hall–Kier alpha value is -0.430. The molecule has 0 aromatic carbocycles. The molecule has 1 aromatic rings. The van der Waals surface area contributed by atoms with Crippen LogP contribution in [0.3, 0.4) is 0 Å². The zero-order chi connectivity index (χ0) is 10.0. The lowest BCUT2D eigenvalue weighted by atomic mass is 10.2. The first-order valence-corrected chi connectivity index (χ1v) is 5.03. The van der Waals surface area contributed by atoms with Gasteiger partial charge >= 0.3 is 5.97 Å². The first kappa shape index (κ1) is 10.6. The number of aliphatic hydroxyl groups excluding tert-OH is 2. The smallest absolute Gasteiger partial charge is 0.335 e. The summed E-state index contributed by atoms with van der Waals surface area (Å²) in [4.78, 5) is 10.7. The highest BCUT2D eigenvalue weighted by Gasteiger charge is 2.27. The molecule has 72 valence electrons. The van der Waals surface area contributed by atoms with Gasteiger partial charge in [0.2, 0.25) is 0 Å². The van der Waals surface area contributed by atoms with E-state index in [9.17, 15) is 9.90 Å². The third-order valence-electron chi connectivity index (χ3n) is 1.47. The predicted octanol–water partition coefficient (Wildman–Crippen LogP) is 0.990. The van der Waals surface area contributed by atoms with Gasteiger partial charge in [-0.15, -0.1) is 11.3 Å². The number of hydrogen-bond acceptors (Lipinski definition) is 4. The first-order chi connectivity index (χ1) is 6.04. The van der Waals surface area contributed by atoms with Crippen molar-refractivity contribution in [2.75, 3.05) is 0 Å². The average molecular weight is 267 g/mol. The summed E-state index contributed by atoms with van der Waals surface area (Å²) in [7, 11) is 0. The molecule has 0 aliphatic heterocycles. The summed E-state index contributed by atoms with van der Waals surface area (Å²) in [6, 6.07) is 1.68. The zero-order valence-electron chi connectivity index (χ0n) is 6.35. The molecule has 2 unspecified atom stereocenters. The van der Waals surface area contributed by atoms with Crippen molar-refractivity contribution in [3.63, 3.8) is 0 Å². The maximum absolute atomic E-state index is 10.3. The van der Waals surface area contributed by atoms with E-state index in [0.29, 0.717) is 9.35 Å². The minimum Gasteiger partial charge on any atom is -0.479 e. The van der Waals surface area contributed by atoms with Crippen molar-refractivity contribution in [2.45, 2.75) is 12.2 Å². The molecule has 0 aliphatic carbocycles. The molecule has 0 saturated carbocycles. The van der Waals surface area contributed by atoms with Gasteiger partial charge in [0, 0.05) is 4.47 Å². The van der Waals surface area contributed by atoms with E-state index < -0.39 is 18.2 Å². The van der Waals surface area contributed by atoms with Crippen LogP contribution in [-0.2, 0) is 4.79 Å². The normalized spacial score (nSPS) is 15.3. The number of thiophene rings is 1. The van der Waals surface area contributed by atoms with Crippen LogP contribution < -0.4 is 0 Å². The third-order valence-corrected chi connectivity index (χ3v) is 3.41. The number of aliphatic carboxylic acids is 1. The molecule has 1 rings (SSSR count). The minimum atomic E-state index is -1.78. The molecule has 0 amide bonds. The van der Waals surface area contributed by atoms with Crippen molar-refractivity contribution in [3.05, 3.63) is 20.8 Å². The van der Waals surface area contributed by atoms with E-state index >= 15 is 0 Å². The van der Waals surface area contributed by atoms with Crippen LogP contribution in [0, 0.1) is 0 Å². The lowest BCUT2D eigenvalue weighted by molar-refractivity contribution is -0.152. The minimum absolute atomic E-state index is 0.412. The molecule has 0 bridgehead atoms. The Kier molecular flexibility index (Phi) is 3.43. The lowest BCUT2D eigenvalue weighted by Gasteiger charge is -2.12. The fourth-order valence-corrected chi connectivity index (χ4v) is 2.42. The van der Waals surface area contributed by atoms with Gasteiger partial charge in [0.25, 0.3) is 0 Å². The molecule has 13 heavy (non-hydrogen) atoms. The number of carboxylic acid groups (broad SMARTS) is 1. The highest BCUT2D eigenvalue weighted by Crippen LogP contribution is 2.30. The topological polar surface area (TPSA) is 77.8 Å². The summed E-state index contributed by atoms with van der Waals surface area (Å²) in [6.07, 6.45) is -3.16. The second-order valence-electron chi connectivity index (χ2n) is 2.36. The molecule has 0 saturated heterocycles. The maximum atomic E-state index is 10.3. The molecule has 0 spiro atoms. The largest absolute Gasteiger partial charge is 0.479 e. The second-order valence-corrected chi connectivity index (χ2v) is 4.16. The quantitative estimate of drug-likeness (QED) is 0.763. The number of rotatable bonds is 3. The summed E-state index contributed by atoms with van der Waals surface area (Å²) in [5.74, 6) is -1.44. The summed E-state index contributed by atoms with van der Waals surface area (Å²) >= 11 is 4.31. The highest BCUT2D eigenvalue weighted by molar-refractivity contribution is 9.10. The summed E-state index contributed by atoms with van der Waals surface area (Å²) in [5.41, 5.74) is 0. The van der Waals surface area contributed by atoms with E-state index in [1.54, 1.807) is 11.4 Å². The van der Waals surface area contributed by atoms with Crippen LogP contribution in [0.15, 0.2) is 15.9 Å². The van der Waals surface area contributed by atoms with Gasteiger partial charge in [-0.25, -0.2) is 4.79 Å². The van der Waals surface area contributed by atoms with Gasteiger partial charge < -0.3 is 15.3 Å². The van der Waals surface area contributed by atoms with Crippen molar-refractivity contribution < 1.29 is 20.1 Å². The van der Waals surface area contributed by atoms with Gasteiger partial charge in [-0.2, -0.15) is 0 Å². The number of halogens is 1. The molecule has 6 heteroatoms. The molecular formula is C7H7BrO4S.